The topological polar surface area (TPSA) is 57.2 Å². The monoisotopic (exact) mass is 329 g/mol. The van der Waals surface area contributed by atoms with Gasteiger partial charge in [0.25, 0.3) is 0 Å². The Hall–Kier alpha value is -0.480. The zero-order chi connectivity index (χ0) is 16.8. The van der Waals surface area contributed by atoms with Gasteiger partial charge in [-0.25, -0.2) is 8.42 Å². The van der Waals surface area contributed by atoms with Gasteiger partial charge in [0, 0.05) is 0 Å². The SMILES string of the molecule is CC[N+](CC)(CC)CC.O=S(=O)([O-])C(F)(F)C(F)(F)F. The Morgan fingerprint density at radius 1 is 0.850 bits per heavy atom. The van der Waals surface area contributed by atoms with Crippen molar-refractivity contribution in [1.82, 2.24) is 0 Å². The maximum absolute atomic E-state index is 11.4. The van der Waals surface area contributed by atoms with Crippen molar-refractivity contribution in [3.63, 3.8) is 0 Å². The second-order valence-corrected chi connectivity index (χ2v) is 5.50. The maximum atomic E-state index is 11.4. The van der Waals surface area contributed by atoms with Gasteiger partial charge in [-0.1, -0.05) is 0 Å². The summed E-state index contributed by atoms with van der Waals surface area (Å²) in [6, 6.07) is 0. The lowest BCUT2D eigenvalue weighted by atomic mass is 10.3. The van der Waals surface area contributed by atoms with Crippen molar-refractivity contribution >= 4 is 10.1 Å². The van der Waals surface area contributed by atoms with Crippen LogP contribution in [0.2, 0.25) is 0 Å². The fourth-order valence-electron chi connectivity index (χ4n) is 1.48. The van der Waals surface area contributed by atoms with Crippen LogP contribution < -0.4 is 0 Å². The molecule has 0 spiro atoms. The molecule has 0 saturated heterocycles. The van der Waals surface area contributed by atoms with E-state index in [4.69, 9.17) is 0 Å². The fraction of sp³-hybridized carbons (Fsp3) is 1.00. The van der Waals surface area contributed by atoms with Gasteiger partial charge in [-0.3, -0.25) is 0 Å². The van der Waals surface area contributed by atoms with Crippen LogP contribution in [-0.4, -0.2) is 55.1 Å². The number of nitrogens with zero attached hydrogens (tertiary/aromatic N) is 1. The minimum atomic E-state index is -6.67. The van der Waals surface area contributed by atoms with E-state index in [0.29, 0.717) is 0 Å². The molecule has 0 atom stereocenters. The summed E-state index contributed by atoms with van der Waals surface area (Å²) in [5.74, 6) is 0. The van der Waals surface area contributed by atoms with Crippen molar-refractivity contribution in [2.24, 2.45) is 0 Å². The molecule has 0 heterocycles. The highest BCUT2D eigenvalue weighted by Crippen LogP contribution is 2.38. The minimum Gasteiger partial charge on any atom is -0.743 e. The van der Waals surface area contributed by atoms with Gasteiger partial charge in [-0.05, 0) is 27.7 Å². The zero-order valence-electron chi connectivity index (χ0n) is 11.8. The van der Waals surface area contributed by atoms with Gasteiger partial charge < -0.3 is 9.04 Å². The second kappa shape index (κ2) is 7.51. The van der Waals surface area contributed by atoms with Crippen LogP contribution in [0.3, 0.4) is 0 Å². The molecule has 0 bridgehead atoms. The fourth-order valence-corrected chi connectivity index (χ4v) is 1.77. The van der Waals surface area contributed by atoms with Crippen molar-refractivity contribution in [1.29, 1.82) is 0 Å². The highest BCUT2D eigenvalue weighted by molar-refractivity contribution is 7.86. The highest BCUT2D eigenvalue weighted by Gasteiger charge is 2.63. The van der Waals surface area contributed by atoms with Crippen molar-refractivity contribution in [2.45, 2.75) is 39.1 Å². The van der Waals surface area contributed by atoms with Crippen LogP contribution in [0, 0.1) is 0 Å². The molecule has 0 radical (unpaired) electrons. The largest absolute Gasteiger partial charge is 0.743 e. The molecule has 0 aliphatic carbocycles. The molecule has 20 heavy (non-hydrogen) atoms. The zero-order valence-corrected chi connectivity index (χ0v) is 12.6. The average molecular weight is 329 g/mol. The quantitative estimate of drug-likeness (QED) is 0.442. The van der Waals surface area contributed by atoms with E-state index in [-0.39, 0.29) is 0 Å². The van der Waals surface area contributed by atoms with Gasteiger partial charge >= 0.3 is 11.4 Å². The smallest absolute Gasteiger partial charge is 0.468 e. The average Bonchev–Trinajstić information content (AvgIpc) is 2.31. The molecule has 0 aromatic heterocycles. The van der Waals surface area contributed by atoms with Crippen LogP contribution >= 0.6 is 0 Å². The number of alkyl halides is 5. The van der Waals surface area contributed by atoms with Crippen molar-refractivity contribution in [2.75, 3.05) is 26.2 Å². The van der Waals surface area contributed by atoms with E-state index in [1.165, 1.54) is 30.7 Å². The summed E-state index contributed by atoms with van der Waals surface area (Å²) in [7, 11) is -6.67. The molecule has 0 saturated carbocycles. The molecule has 0 aliphatic heterocycles. The van der Waals surface area contributed by atoms with E-state index >= 15 is 0 Å². The third kappa shape index (κ3) is 5.49. The molecule has 0 unspecified atom stereocenters. The summed E-state index contributed by atoms with van der Waals surface area (Å²) in [5, 5.41) is -6.21. The van der Waals surface area contributed by atoms with Gasteiger partial charge in [-0.15, -0.1) is 0 Å². The van der Waals surface area contributed by atoms with E-state index in [1.807, 2.05) is 0 Å². The third-order valence-electron chi connectivity index (χ3n) is 3.33. The van der Waals surface area contributed by atoms with Crippen LogP contribution in [0.15, 0.2) is 0 Å². The van der Waals surface area contributed by atoms with E-state index in [9.17, 15) is 34.9 Å². The summed E-state index contributed by atoms with van der Waals surface area (Å²) in [4.78, 5) is 0. The van der Waals surface area contributed by atoms with Gasteiger partial charge in [-0.2, -0.15) is 22.0 Å². The number of hydrogen-bond donors (Lipinski definition) is 0. The van der Waals surface area contributed by atoms with Crippen LogP contribution in [0.1, 0.15) is 27.7 Å². The molecule has 4 nitrogen and oxygen atoms in total. The third-order valence-corrected chi connectivity index (χ3v) is 4.19. The first-order chi connectivity index (χ1) is 8.74. The molecule has 0 rings (SSSR count). The maximum Gasteiger partial charge on any atom is 0.468 e. The molecule has 10 heteroatoms. The Morgan fingerprint density at radius 2 is 1.10 bits per heavy atom. The molecule has 0 amide bonds. The van der Waals surface area contributed by atoms with Gasteiger partial charge in [0.1, 0.15) is 0 Å². The predicted octanol–water partition coefficient (Wildman–Crippen LogP) is 2.57. The van der Waals surface area contributed by atoms with Gasteiger partial charge in [0.05, 0.1) is 26.2 Å². The molecule has 124 valence electrons. The molecule has 0 aliphatic rings. The summed E-state index contributed by atoms with van der Waals surface area (Å²) >= 11 is 0. The van der Waals surface area contributed by atoms with Gasteiger partial charge in [0.2, 0.25) is 0 Å². The molecule has 0 aromatic rings. The van der Waals surface area contributed by atoms with Crippen molar-refractivity contribution < 1.29 is 39.4 Å². The van der Waals surface area contributed by atoms with Gasteiger partial charge in [0.15, 0.2) is 10.1 Å². The molecule has 0 N–H and O–H groups in total. The first-order valence-electron chi connectivity index (χ1n) is 5.99. The van der Waals surface area contributed by atoms with Crippen LogP contribution in [0.4, 0.5) is 22.0 Å². The molecular weight excluding hydrogens is 309 g/mol. The first kappa shape index (κ1) is 21.8. The lowest BCUT2D eigenvalue weighted by molar-refractivity contribution is -0.921. The molecule has 0 fully saturated rings. The minimum absolute atomic E-state index is 1.28. The number of hydrogen-bond acceptors (Lipinski definition) is 3. The summed E-state index contributed by atoms with van der Waals surface area (Å²) < 4.78 is 84.9. The van der Waals surface area contributed by atoms with E-state index in [1.54, 1.807) is 0 Å². The Balaban J connectivity index is 0. The Labute approximate surface area is 115 Å². The molecule has 0 aromatic carbocycles. The molecular formula is C10H20F5NO3S. The lowest BCUT2D eigenvalue weighted by Gasteiger charge is -2.34. The van der Waals surface area contributed by atoms with Crippen molar-refractivity contribution in [3.05, 3.63) is 0 Å². The summed E-state index contributed by atoms with van der Waals surface area (Å²) in [5.41, 5.74) is 0. The van der Waals surface area contributed by atoms with Crippen LogP contribution in [0.25, 0.3) is 0 Å². The Morgan fingerprint density at radius 3 is 1.10 bits per heavy atom. The van der Waals surface area contributed by atoms with Crippen LogP contribution in [-0.2, 0) is 10.1 Å². The normalized spacial score (nSPS) is 13.7. The number of halogens is 5. The summed E-state index contributed by atoms with van der Waals surface area (Å²) in [6.45, 7) is 14.2. The van der Waals surface area contributed by atoms with Crippen LogP contribution in [0.5, 0.6) is 0 Å². The Kier molecular flexibility index (Phi) is 8.19. The second-order valence-electron chi connectivity index (χ2n) is 4.08. The first-order valence-corrected chi connectivity index (χ1v) is 7.40. The van der Waals surface area contributed by atoms with E-state index in [0.717, 1.165) is 0 Å². The standard InChI is InChI=1S/C8H20N.C2HF5O3S/c1-5-9(6-2,7-3)8-4;3-1(4,5)2(6,7)11(8,9)10/h5-8H2,1-4H3;(H,8,9,10)/q+1;/p-1. The predicted molar refractivity (Wildman–Crippen MR) is 63.1 cm³/mol. The lowest BCUT2D eigenvalue weighted by Crippen LogP contribution is -2.47. The number of rotatable bonds is 5. The Bertz CT molecular complexity index is 359. The summed E-state index contributed by atoms with van der Waals surface area (Å²) in [6.07, 6.45) is -6.35. The van der Waals surface area contributed by atoms with Crippen molar-refractivity contribution in [3.8, 4) is 0 Å². The number of quaternary nitrogens is 1. The van der Waals surface area contributed by atoms with E-state index < -0.39 is 21.5 Å². The highest BCUT2D eigenvalue weighted by atomic mass is 32.2. The van der Waals surface area contributed by atoms with E-state index in [2.05, 4.69) is 27.7 Å².